The van der Waals surface area contributed by atoms with Crippen molar-refractivity contribution < 1.29 is 4.74 Å². The van der Waals surface area contributed by atoms with Crippen molar-refractivity contribution in [3.8, 4) is 11.4 Å². The van der Waals surface area contributed by atoms with Crippen molar-refractivity contribution in [2.45, 2.75) is 19.5 Å². The number of ether oxygens (including phenoxy) is 1. The molecule has 0 saturated heterocycles. The number of aromatic nitrogens is 1. The normalized spacial score (nSPS) is 15.5. The first-order valence-corrected chi connectivity index (χ1v) is 7.95. The molecule has 4 nitrogen and oxygen atoms in total. The molecule has 2 aliphatic heterocycles. The molecule has 2 aliphatic rings. The number of nitrogens with zero attached hydrogens (tertiary/aromatic N) is 1. The van der Waals surface area contributed by atoms with Crippen LogP contribution in [-0.4, -0.2) is 11.2 Å². The number of fused-ring (bicyclic) bond motifs is 3. The van der Waals surface area contributed by atoms with Crippen molar-refractivity contribution in [2.24, 2.45) is 0 Å². The van der Waals surface area contributed by atoms with E-state index in [2.05, 4.69) is 22.0 Å². The van der Waals surface area contributed by atoms with Gasteiger partial charge in [0.2, 0.25) is 0 Å². The molecule has 3 aromatic rings. The highest BCUT2D eigenvalue weighted by Gasteiger charge is 2.22. The predicted molar refractivity (Wildman–Crippen MR) is 89.3 cm³/mol. The lowest BCUT2D eigenvalue weighted by Gasteiger charge is -2.17. The molecular formula is C19H16N2O2. The van der Waals surface area contributed by atoms with E-state index >= 15 is 0 Å². The van der Waals surface area contributed by atoms with Crippen LogP contribution in [0.4, 0.5) is 0 Å². The molecule has 0 aliphatic carbocycles. The fourth-order valence-electron chi connectivity index (χ4n) is 3.72. The van der Waals surface area contributed by atoms with Gasteiger partial charge in [-0.2, -0.15) is 0 Å². The third-order valence-electron chi connectivity index (χ3n) is 4.81. The van der Waals surface area contributed by atoms with Crippen LogP contribution in [0.1, 0.15) is 16.8 Å². The summed E-state index contributed by atoms with van der Waals surface area (Å²) in [7, 11) is 0. The van der Waals surface area contributed by atoms with Crippen molar-refractivity contribution in [3.63, 3.8) is 0 Å². The maximum Gasteiger partial charge on any atom is 0.194 e. The summed E-state index contributed by atoms with van der Waals surface area (Å²) in [5, 5.41) is 4.10. The summed E-state index contributed by atoms with van der Waals surface area (Å²) in [6.45, 7) is 2.12. The highest BCUT2D eigenvalue weighted by molar-refractivity contribution is 5.82. The Morgan fingerprint density at radius 3 is 2.96 bits per heavy atom. The van der Waals surface area contributed by atoms with Crippen LogP contribution in [-0.2, 0) is 19.5 Å². The summed E-state index contributed by atoms with van der Waals surface area (Å²) >= 11 is 0. The Bertz CT molecular complexity index is 1000. The zero-order valence-corrected chi connectivity index (χ0v) is 12.6. The third kappa shape index (κ3) is 1.79. The second-order valence-corrected chi connectivity index (χ2v) is 6.10. The third-order valence-corrected chi connectivity index (χ3v) is 4.81. The van der Waals surface area contributed by atoms with Crippen LogP contribution in [0.25, 0.3) is 16.6 Å². The summed E-state index contributed by atoms with van der Waals surface area (Å²) in [5.74, 6) is 0.980. The minimum atomic E-state index is 0.154. The average Bonchev–Trinajstić information content (AvgIpc) is 3.24. The lowest BCUT2D eigenvalue weighted by molar-refractivity contribution is 0.357. The Morgan fingerprint density at radius 1 is 1.09 bits per heavy atom. The molecule has 0 saturated carbocycles. The quantitative estimate of drug-likeness (QED) is 0.751. The molecule has 0 spiro atoms. The van der Waals surface area contributed by atoms with Gasteiger partial charge in [0.1, 0.15) is 5.75 Å². The largest absolute Gasteiger partial charge is 0.493 e. The molecule has 114 valence electrons. The molecule has 0 atom stereocenters. The number of rotatable bonds is 1. The van der Waals surface area contributed by atoms with Gasteiger partial charge in [0.15, 0.2) is 5.43 Å². The van der Waals surface area contributed by atoms with E-state index in [4.69, 9.17) is 4.74 Å². The van der Waals surface area contributed by atoms with Gasteiger partial charge in [0.25, 0.3) is 0 Å². The molecule has 0 unspecified atom stereocenters. The van der Waals surface area contributed by atoms with E-state index in [1.165, 1.54) is 5.56 Å². The van der Waals surface area contributed by atoms with Crippen LogP contribution >= 0.6 is 0 Å². The minimum Gasteiger partial charge on any atom is -0.493 e. The molecule has 3 heterocycles. The maximum atomic E-state index is 12.7. The average molecular weight is 304 g/mol. The molecule has 0 bridgehead atoms. The highest BCUT2D eigenvalue weighted by Crippen LogP contribution is 2.30. The first kappa shape index (κ1) is 12.9. The number of hydrogen-bond donors (Lipinski definition) is 1. The van der Waals surface area contributed by atoms with Crippen molar-refractivity contribution in [3.05, 3.63) is 69.5 Å². The zero-order valence-electron chi connectivity index (χ0n) is 12.6. The molecule has 0 amide bonds. The predicted octanol–water partition coefficient (Wildman–Crippen LogP) is 2.53. The van der Waals surface area contributed by atoms with Crippen molar-refractivity contribution in [2.75, 3.05) is 6.61 Å². The molecule has 23 heavy (non-hydrogen) atoms. The number of para-hydroxylation sites is 1. The van der Waals surface area contributed by atoms with E-state index in [1.54, 1.807) is 0 Å². The van der Waals surface area contributed by atoms with Gasteiger partial charge >= 0.3 is 0 Å². The lowest BCUT2D eigenvalue weighted by Crippen LogP contribution is -2.16. The number of nitrogens with one attached hydrogen (secondary N) is 1. The maximum absolute atomic E-state index is 12.7. The molecule has 0 fully saturated rings. The Labute approximate surface area is 133 Å². The molecule has 0 radical (unpaired) electrons. The Kier molecular flexibility index (Phi) is 2.64. The van der Waals surface area contributed by atoms with E-state index in [0.29, 0.717) is 6.54 Å². The lowest BCUT2D eigenvalue weighted by atomic mass is 10.1. The van der Waals surface area contributed by atoms with Crippen LogP contribution in [0.5, 0.6) is 5.75 Å². The van der Waals surface area contributed by atoms with Crippen LogP contribution in [0.2, 0.25) is 0 Å². The number of pyridine rings is 1. The van der Waals surface area contributed by atoms with E-state index in [9.17, 15) is 4.79 Å². The van der Waals surface area contributed by atoms with Gasteiger partial charge < -0.3 is 14.6 Å². The first-order chi connectivity index (χ1) is 11.3. The second-order valence-electron chi connectivity index (χ2n) is 6.10. The summed E-state index contributed by atoms with van der Waals surface area (Å²) in [6, 6.07) is 14.2. The molecular weight excluding hydrogens is 288 g/mol. The first-order valence-electron chi connectivity index (χ1n) is 7.95. The smallest absolute Gasteiger partial charge is 0.194 e. The summed E-state index contributed by atoms with van der Waals surface area (Å²) < 4.78 is 7.84. The van der Waals surface area contributed by atoms with Crippen molar-refractivity contribution in [1.29, 1.82) is 0 Å². The van der Waals surface area contributed by atoms with E-state index < -0.39 is 0 Å². The summed E-state index contributed by atoms with van der Waals surface area (Å²) in [5.41, 5.74) is 5.43. The second kappa shape index (κ2) is 4.70. The fourth-order valence-corrected chi connectivity index (χ4v) is 3.72. The molecule has 2 aromatic carbocycles. The monoisotopic (exact) mass is 304 g/mol. The molecule has 4 heteroatoms. The Morgan fingerprint density at radius 2 is 2.00 bits per heavy atom. The van der Waals surface area contributed by atoms with Crippen LogP contribution in [0, 0.1) is 0 Å². The van der Waals surface area contributed by atoms with E-state index in [1.807, 2.05) is 30.3 Å². The number of hydrogen-bond acceptors (Lipinski definition) is 3. The van der Waals surface area contributed by atoms with Crippen molar-refractivity contribution >= 4 is 10.9 Å². The minimum absolute atomic E-state index is 0.154. The Hall–Kier alpha value is -2.59. The van der Waals surface area contributed by atoms with E-state index in [-0.39, 0.29) is 5.43 Å². The van der Waals surface area contributed by atoms with Gasteiger partial charge in [-0.25, -0.2) is 0 Å². The molecule has 5 rings (SSSR count). The van der Waals surface area contributed by atoms with Gasteiger partial charge in [-0.05, 0) is 35.9 Å². The van der Waals surface area contributed by atoms with Gasteiger partial charge in [-0.15, -0.1) is 0 Å². The molecule has 1 N–H and O–H groups in total. The topological polar surface area (TPSA) is 43.3 Å². The Balaban J connectivity index is 1.88. The van der Waals surface area contributed by atoms with Crippen LogP contribution in [0.3, 0.4) is 0 Å². The summed E-state index contributed by atoms with van der Waals surface area (Å²) in [4.78, 5) is 12.7. The van der Waals surface area contributed by atoms with Gasteiger partial charge in [-0.1, -0.05) is 12.1 Å². The van der Waals surface area contributed by atoms with Gasteiger partial charge in [-0.3, -0.25) is 4.79 Å². The van der Waals surface area contributed by atoms with Gasteiger partial charge in [0.05, 0.1) is 12.1 Å². The van der Waals surface area contributed by atoms with Gasteiger partial charge in [0, 0.05) is 41.8 Å². The molecule has 1 aromatic heterocycles. The zero-order chi connectivity index (χ0) is 15.4. The van der Waals surface area contributed by atoms with Crippen molar-refractivity contribution in [1.82, 2.24) is 9.88 Å². The highest BCUT2D eigenvalue weighted by atomic mass is 16.5. The SMILES string of the molecule is O=c1c2c(n(-c3ccc4c(c3)CCO4)c3ccccc13)CNC2. The fraction of sp³-hybridized carbons (Fsp3) is 0.211. The van der Waals surface area contributed by atoms with Crippen LogP contribution < -0.4 is 15.5 Å². The van der Waals surface area contributed by atoms with Crippen LogP contribution in [0.15, 0.2) is 47.3 Å². The number of benzene rings is 2. The van der Waals surface area contributed by atoms with E-state index in [0.717, 1.165) is 53.2 Å². The summed E-state index contributed by atoms with van der Waals surface area (Å²) in [6.07, 6.45) is 0.946. The standard InChI is InChI=1S/C19H16N2O2/c22-19-14-3-1-2-4-16(14)21(17-11-20-10-15(17)19)13-5-6-18-12(9-13)7-8-23-18/h1-6,9,20H,7-8,10-11H2.